The molecule has 0 saturated carbocycles. The topological polar surface area (TPSA) is 66.0 Å². The maximum atomic E-state index is 9.35. The highest BCUT2D eigenvalue weighted by Gasteiger charge is 2.12. The molecule has 0 amide bonds. The summed E-state index contributed by atoms with van der Waals surface area (Å²) >= 11 is 0. The van der Waals surface area contributed by atoms with Crippen LogP contribution in [0.25, 0.3) is 0 Å². The van der Waals surface area contributed by atoms with Crippen LogP contribution in [0.2, 0.25) is 0 Å². The van der Waals surface area contributed by atoms with E-state index >= 15 is 0 Å². The molecular weight excluding hydrogens is 288 g/mol. The number of para-hydroxylation sites is 2. The highest BCUT2D eigenvalue weighted by molar-refractivity contribution is 5.39. The number of benzene rings is 2. The summed E-state index contributed by atoms with van der Waals surface area (Å²) in [7, 11) is 0. The molecule has 0 aromatic heterocycles. The summed E-state index contributed by atoms with van der Waals surface area (Å²) in [6, 6.07) is 19.0. The first kappa shape index (κ1) is 16.4. The van der Waals surface area contributed by atoms with Crippen molar-refractivity contribution in [1.82, 2.24) is 0 Å². The SMILES string of the molecule is CCOc1ccccc1OCCC(C#N)c1ccc(C#N)cc1. The van der Waals surface area contributed by atoms with Crippen LogP contribution in [0.15, 0.2) is 48.5 Å². The molecular formula is C19H18N2O2. The van der Waals surface area contributed by atoms with Crippen molar-refractivity contribution in [3.05, 3.63) is 59.7 Å². The molecule has 0 radical (unpaired) electrons. The van der Waals surface area contributed by atoms with E-state index in [1.54, 1.807) is 12.1 Å². The predicted molar refractivity (Wildman–Crippen MR) is 87.2 cm³/mol. The molecule has 1 unspecified atom stereocenters. The Balaban J connectivity index is 1.96. The first-order valence-corrected chi connectivity index (χ1v) is 7.52. The summed E-state index contributed by atoms with van der Waals surface area (Å²) < 4.78 is 11.3. The zero-order valence-electron chi connectivity index (χ0n) is 13.0. The molecule has 0 aliphatic heterocycles. The lowest BCUT2D eigenvalue weighted by molar-refractivity contribution is 0.271. The van der Waals surface area contributed by atoms with Crippen molar-refractivity contribution in [1.29, 1.82) is 10.5 Å². The minimum absolute atomic E-state index is 0.262. The second kappa shape index (κ2) is 8.46. The van der Waals surface area contributed by atoms with Gasteiger partial charge in [0.1, 0.15) is 0 Å². The summed E-state index contributed by atoms with van der Waals surface area (Å²) in [5, 5.41) is 18.2. The zero-order chi connectivity index (χ0) is 16.5. The lowest BCUT2D eigenvalue weighted by atomic mass is 9.97. The fraction of sp³-hybridized carbons (Fsp3) is 0.263. The minimum atomic E-state index is -0.262. The monoisotopic (exact) mass is 306 g/mol. The van der Waals surface area contributed by atoms with Gasteiger partial charge in [-0.25, -0.2) is 0 Å². The van der Waals surface area contributed by atoms with E-state index in [1.807, 2.05) is 43.3 Å². The molecule has 4 heteroatoms. The number of rotatable bonds is 7. The van der Waals surface area contributed by atoms with E-state index in [0.29, 0.717) is 36.7 Å². The molecule has 0 aliphatic carbocycles. The Bertz CT molecular complexity index is 711. The van der Waals surface area contributed by atoms with Gasteiger partial charge in [-0.1, -0.05) is 24.3 Å². The molecule has 4 nitrogen and oxygen atoms in total. The van der Waals surface area contributed by atoms with Gasteiger partial charge in [-0.05, 0) is 36.8 Å². The molecule has 0 heterocycles. The smallest absolute Gasteiger partial charge is 0.161 e. The van der Waals surface area contributed by atoms with Crippen molar-refractivity contribution in [2.24, 2.45) is 0 Å². The normalized spacial score (nSPS) is 11.1. The van der Waals surface area contributed by atoms with Gasteiger partial charge in [-0.15, -0.1) is 0 Å². The van der Waals surface area contributed by atoms with Crippen LogP contribution in [0.4, 0.5) is 0 Å². The Hall–Kier alpha value is -2.98. The fourth-order valence-electron chi connectivity index (χ4n) is 2.23. The van der Waals surface area contributed by atoms with E-state index in [4.69, 9.17) is 14.7 Å². The van der Waals surface area contributed by atoms with Crippen LogP contribution >= 0.6 is 0 Å². The van der Waals surface area contributed by atoms with E-state index in [1.165, 1.54) is 0 Å². The third kappa shape index (κ3) is 4.49. The van der Waals surface area contributed by atoms with Crippen LogP contribution in [0.1, 0.15) is 30.4 Å². The summed E-state index contributed by atoms with van der Waals surface area (Å²) in [6.07, 6.45) is 0.572. The summed E-state index contributed by atoms with van der Waals surface area (Å²) in [5.41, 5.74) is 1.49. The number of nitriles is 2. The molecule has 0 fully saturated rings. The number of ether oxygens (including phenoxy) is 2. The van der Waals surface area contributed by atoms with Gasteiger partial charge in [0.15, 0.2) is 11.5 Å². The average Bonchev–Trinajstić information content (AvgIpc) is 2.60. The Morgan fingerprint density at radius 1 is 0.957 bits per heavy atom. The first-order chi connectivity index (χ1) is 11.3. The summed E-state index contributed by atoms with van der Waals surface area (Å²) in [6.45, 7) is 2.92. The Morgan fingerprint density at radius 3 is 2.17 bits per heavy atom. The molecule has 23 heavy (non-hydrogen) atoms. The fourth-order valence-corrected chi connectivity index (χ4v) is 2.23. The maximum Gasteiger partial charge on any atom is 0.161 e. The zero-order valence-corrected chi connectivity index (χ0v) is 13.0. The third-order valence-corrected chi connectivity index (χ3v) is 3.41. The molecule has 0 saturated heterocycles. The van der Waals surface area contributed by atoms with Gasteiger partial charge in [-0.2, -0.15) is 10.5 Å². The van der Waals surface area contributed by atoms with Gasteiger partial charge < -0.3 is 9.47 Å². The minimum Gasteiger partial charge on any atom is -0.490 e. The second-order valence-electron chi connectivity index (χ2n) is 4.93. The van der Waals surface area contributed by atoms with E-state index < -0.39 is 0 Å². The molecule has 1 atom stereocenters. The van der Waals surface area contributed by atoms with Crippen molar-refractivity contribution in [2.75, 3.05) is 13.2 Å². The largest absolute Gasteiger partial charge is 0.490 e. The van der Waals surface area contributed by atoms with Crippen LogP contribution in [0, 0.1) is 22.7 Å². The Labute approximate surface area is 136 Å². The van der Waals surface area contributed by atoms with E-state index in [0.717, 1.165) is 5.56 Å². The van der Waals surface area contributed by atoms with Crippen LogP contribution in [0.5, 0.6) is 11.5 Å². The molecule has 0 N–H and O–H groups in total. The van der Waals surface area contributed by atoms with Crippen molar-refractivity contribution in [3.8, 4) is 23.6 Å². The molecule has 2 aromatic carbocycles. The number of hydrogen-bond acceptors (Lipinski definition) is 4. The Morgan fingerprint density at radius 2 is 1.61 bits per heavy atom. The van der Waals surface area contributed by atoms with Crippen molar-refractivity contribution in [3.63, 3.8) is 0 Å². The number of nitrogens with zero attached hydrogens (tertiary/aromatic N) is 2. The van der Waals surface area contributed by atoms with Crippen LogP contribution < -0.4 is 9.47 Å². The van der Waals surface area contributed by atoms with Gasteiger partial charge in [0.25, 0.3) is 0 Å². The second-order valence-corrected chi connectivity index (χ2v) is 4.93. The van der Waals surface area contributed by atoms with E-state index in [-0.39, 0.29) is 5.92 Å². The summed E-state index contributed by atoms with van der Waals surface area (Å²) in [5.74, 6) is 1.13. The van der Waals surface area contributed by atoms with Gasteiger partial charge in [0.2, 0.25) is 0 Å². The van der Waals surface area contributed by atoms with Crippen molar-refractivity contribution >= 4 is 0 Å². The third-order valence-electron chi connectivity index (χ3n) is 3.41. The molecule has 0 spiro atoms. The van der Waals surface area contributed by atoms with Crippen LogP contribution in [-0.4, -0.2) is 13.2 Å². The highest BCUT2D eigenvalue weighted by Crippen LogP contribution is 2.27. The first-order valence-electron chi connectivity index (χ1n) is 7.52. The van der Waals surface area contributed by atoms with E-state index in [9.17, 15) is 5.26 Å². The average molecular weight is 306 g/mol. The highest BCUT2D eigenvalue weighted by atomic mass is 16.5. The molecule has 0 bridgehead atoms. The molecule has 2 rings (SSSR count). The molecule has 0 aliphatic rings. The number of hydrogen-bond donors (Lipinski definition) is 0. The van der Waals surface area contributed by atoms with Gasteiger partial charge >= 0.3 is 0 Å². The quantitative estimate of drug-likeness (QED) is 0.774. The maximum absolute atomic E-state index is 9.35. The Kier molecular flexibility index (Phi) is 6.03. The predicted octanol–water partition coefficient (Wildman–Crippen LogP) is 4.03. The molecule has 2 aromatic rings. The van der Waals surface area contributed by atoms with Crippen molar-refractivity contribution in [2.45, 2.75) is 19.3 Å². The van der Waals surface area contributed by atoms with E-state index in [2.05, 4.69) is 12.1 Å². The van der Waals surface area contributed by atoms with Crippen LogP contribution in [0.3, 0.4) is 0 Å². The lowest BCUT2D eigenvalue weighted by Crippen LogP contribution is -2.05. The van der Waals surface area contributed by atoms with Crippen LogP contribution in [-0.2, 0) is 0 Å². The lowest BCUT2D eigenvalue weighted by Gasteiger charge is -2.13. The van der Waals surface area contributed by atoms with Gasteiger partial charge in [-0.3, -0.25) is 0 Å². The molecule has 116 valence electrons. The van der Waals surface area contributed by atoms with Gasteiger partial charge in [0, 0.05) is 6.42 Å². The van der Waals surface area contributed by atoms with Crippen molar-refractivity contribution < 1.29 is 9.47 Å². The van der Waals surface area contributed by atoms with Gasteiger partial charge in [0.05, 0.1) is 36.8 Å². The summed E-state index contributed by atoms with van der Waals surface area (Å²) in [4.78, 5) is 0. The standard InChI is InChI=1S/C19H18N2O2/c1-2-22-18-5-3-4-6-19(18)23-12-11-17(14-21)16-9-7-15(13-20)8-10-16/h3-10,17H,2,11-12H2,1H3.